The highest BCUT2D eigenvalue weighted by Gasteiger charge is 2.30. The van der Waals surface area contributed by atoms with E-state index in [1.807, 2.05) is 11.8 Å². The SMILES string of the molecule is CCOC1CCN(C(=O)C2CCC(N)CC2)CC1. The van der Waals surface area contributed by atoms with Gasteiger partial charge in [-0.3, -0.25) is 4.79 Å². The molecular formula is C14H26N2O2. The van der Waals surface area contributed by atoms with Gasteiger partial charge in [-0.15, -0.1) is 0 Å². The van der Waals surface area contributed by atoms with E-state index >= 15 is 0 Å². The van der Waals surface area contributed by atoms with Crippen LogP contribution in [0.4, 0.5) is 0 Å². The predicted molar refractivity (Wildman–Crippen MR) is 71.2 cm³/mol. The van der Waals surface area contributed by atoms with Gasteiger partial charge in [0, 0.05) is 31.7 Å². The van der Waals surface area contributed by atoms with E-state index in [2.05, 4.69) is 0 Å². The second-order valence-corrected chi connectivity index (χ2v) is 5.59. The first-order valence-electron chi connectivity index (χ1n) is 7.36. The standard InChI is InChI=1S/C14H26N2O2/c1-2-18-13-7-9-16(10-8-13)14(17)11-3-5-12(15)6-4-11/h11-13H,2-10,15H2,1H3. The first kappa shape index (κ1) is 13.8. The van der Waals surface area contributed by atoms with Crippen molar-refractivity contribution in [3.05, 3.63) is 0 Å². The van der Waals surface area contributed by atoms with Crippen LogP contribution in [-0.2, 0) is 9.53 Å². The molecule has 18 heavy (non-hydrogen) atoms. The Morgan fingerprint density at radius 1 is 1.17 bits per heavy atom. The second-order valence-electron chi connectivity index (χ2n) is 5.59. The van der Waals surface area contributed by atoms with E-state index in [-0.39, 0.29) is 5.92 Å². The molecule has 0 atom stereocenters. The predicted octanol–water partition coefficient (Wildman–Crippen LogP) is 1.53. The first-order valence-corrected chi connectivity index (χ1v) is 7.36. The molecule has 1 aliphatic carbocycles. The summed E-state index contributed by atoms with van der Waals surface area (Å²) < 4.78 is 5.62. The van der Waals surface area contributed by atoms with Gasteiger partial charge in [0.05, 0.1) is 6.10 Å². The second kappa shape index (κ2) is 6.53. The van der Waals surface area contributed by atoms with Gasteiger partial charge in [0.25, 0.3) is 0 Å². The third kappa shape index (κ3) is 3.45. The summed E-state index contributed by atoms with van der Waals surface area (Å²) >= 11 is 0. The minimum absolute atomic E-state index is 0.230. The lowest BCUT2D eigenvalue weighted by Gasteiger charge is -2.35. The average Bonchev–Trinajstić information content (AvgIpc) is 2.40. The average molecular weight is 254 g/mol. The summed E-state index contributed by atoms with van der Waals surface area (Å²) in [6, 6.07) is 0.317. The third-order valence-corrected chi connectivity index (χ3v) is 4.28. The highest BCUT2D eigenvalue weighted by Crippen LogP contribution is 2.26. The highest BCUT2D eigenvalue weighted by molar-refractivity contribution is 5.79. The molecule has 0 aromatic heterocycles. The summed E-state index contributed by atoms with van der Waals surface area (Å²) in [5.74, 6) is 0.588. The van der Waals surface area contributed by atoms with Crippen molar-refractivity contribution >= 4 is 5.91 Å². The number of ether oxygens (including phenoxy) is 1. The number of carbonyl (C=O) groups is 1. The van der Waals surface area contributed by atoms with Crippen LogP contribution in [0.5, 0.6) is 0 Å². The molecule has 4 nitrogen and oxygen atoms in total. The number of rotatable bonds is 3. The van der Waals surface area contributed by atoms with Crippen LogP contribution in [0.3, 0.4) is 0 Å². The van der Waals surface area contributed by atoms with Gasteiger partial charge in [-0.1, -0.05) is 0 Å². The van der Waals surface area contributed by atoms with Gasteiger partial charge in [0.2, 0.25) is 5.91 Å². The molecule has 2 rings (SSSR count). The zero-order valence-electron chi connectivity index (χ0n) is 11.4. The zero-order valence-corrected chi connectivity index (χ0v) is 11.4. The Morgan fingerprint density at radius 3 is 2.33 bits per heavy atom. The van der Waals surface area contributed by atoms with Crippen LogP contribution in [0.2, 0.25) is 0 Å². The molecular weight excluding hydrogens is 228 g/mol. The number of amides is 1. The van der Waals surface area contributed by atoms with Gasteiger partial charge in [0.15, 0.2) is 0 Å². The first-order chi connectivity index (χ1) is 8.70. The number of hydrogen-bond donors (Lipinski definition) is 1. The normalized spacial score (nSPS) is 30.4. The van der Waals surface area contributed by atoms with Crippen LogP contribution in [-0.4, -0.2) is 42.6 Å². The van der Waals surface area contributed by atoms with Crippen LogP contribution in [0.15, 0.2) is 0 Å². The largest absolute Gasteiger partial charge is 0.378 e. The van der Waals surface area contributed by atoms with Gasteiger partial charge in [-0.2, -0.15) is 0 Å². The highest BCUT2D eigenvalue weighted by atomic mass is 16.5. The fourth-order valence-corrected chi connectivity index (χ4v) is 3.10. The summed E-state index contributed by atoms with van der Waals surface area (Å²) in [6.07, 6.45) is 6.31. The maximum absolute atomic E-state index is 12.4. The van der Waals surface area contributed by atoms with Crippen molar-refractivity contribution in [1.29, 1.82) is 0 Å². The van der Waals surface area contributed by atoms with Crippen molar-refractivity contribution in [2.75, 3.05) is 19.7 Å². The maximum atomic E-state index is 12.4. The molecule has 104 valence electrons. The number of likely N-dealkylation sites (tertiary alicyclic amines) is 1. The summed E-state index contributed by atoms with van der Waals surface area (Å²) in [5, 5.41) is 0. The number of piperidine rings is 1. The molecule has 0 radical (unpaired) electrons. The van der Waals surface area contributed by atoms with Crippen molar-refractivity contribution in [2.45, 2.75) is 57.6 Å². The van der Waals surface area contributed by atoms with Crippen molar-refractivity contribution in [3.63, 3.8) is 0 Å². The minimum Gasteiger partial charge on any atom is -0.378 e. The smallest absolute Gasteiger partial charge is 0.225 e. The molecule has 1 amide bonds. The van der Waals surface area contributed by atoms with E-state index in [0.29, 0.717) is 18.1 Å². The third-order valence-electron chi connectivity index (χ3n) is 4.28. The molecule has 2 N–H and O–H groups in total. The van der Waals surface area contributed by atoms with E-state index < -0.39 is 0 Å². The quantitative estimate of drug-likeness (QED) is 0.831. The number of carbonyl (C=O) groups excluding carboxylic acids is 1. The van der Waals surface area contributed by atoms with E-state index in [9.17, 15) is 4.79 Å². The fraction of sp³-hybridized carbons (Fsp3) is 0.929. The van der Waals surface area contributed by atoms with Gasteiger partial charge in [-0.05, 0) is 45.4 Å². The Bertz CT molecular complexity index is 267. The Morgan fingerprint density at radius 2 is 1.78 bits per heavy atom. The van der Waals surface area contributed by atoms with E-state index in [1.165, 1.54) is 0 Å². The van der Waals surface area contributed by atoms with Crippen molar-refractivity contribution in [2.24, 2.45) is 11.7 Å². The van der Waals surface area contributed by atoms with E-state index in [4.69, 9.17) is 10.5 Å². The van der Waals surface area contributed by atoms with Crippen molar-refractivity contribution in [3.8, 4) is 0 Å². The van der Waals surface area contributed by atoms with Crippen molar-refractivity contribution in [1.82, 2.24) is 4.90 Å². The number of nitrogens with zero attached hydrogens (tertiary/aromatic N) is 1. The molecule has 1 saturated carbocycles. The van der Waals surface area contributed by atoms with Crippen molar-refractivity contribution < 1.29 is 9.53 Å². The van der Waals surface area contributed by atoms with Crippen LogP contribution in [0.25, 0.3) is 0 Å². The van der Waals surface area contributed by atoms with Gasteiger partial charge in [0.1, 0.15) is 0 Å². The molecule has 1 aliphatic heterocycles. The molecule has 4 heteroatoms. The molecule has 0 unspecified atom stereocenters. The topological polar surface area (TPSA) is 55.6 Å². The van der Waals surface area contributed by atoms with Crippen LogP contribution in [0, 0.1) is 5.92 Å². The summed E-state index contributed by atoms with van der Waals surface area (Å²) in [6.45, 7) is 4.54. The number of hydrogen-bond acceptors (Lipinski definition) is 3. The lowest BCUT2D eigenvalue weighted by Crippen LogP contribution is -2.45. The Labute approximate surface area is 110 Å². The van der Waals surface area contributed by atoms with E-state index in [1.54, 1.807) is 0 Å². The number of nitrogens with two attached hydrogens (primary N) is 1. The minimum atomic E-state index is 0.230. The fourth-order valence-electron chi connectivity index (χ4n) is 3.10. The molecule has 0 spiro atoms. The molecule has 0 bridgehead atoms. The summed E-state index contributed by atoms with van der Waals surface area (Å²) in [4.78, 5) is 14.4. The Kier molecular flexibility index (Phi) is 5.01. The van der Waals surface area contributed by atoms with Gasteiger partial charge >= 0.3 is 0 Å². The lowest BCUT2D eigenvalue weighted by molar-refractivity contribution is -0.139. The zero-order chi connectivity index (χ0) is 13.0. The van der Waals surface area contributed by atoms with E-state index in [0.717, 1.165) is 58.2 Å². The summed E-state index contributed by atoms with van der Waals surface area (Å²) in [5.41, 5.74) is 5.89. The molecule has 0 aromatic rings. The lowest BCUT2D eigenvalue weighted by atomic mass is 9.85. The Hall–Kier alpha value is -0.610. The van der Waals surface area contributed by atoms with Crippen LogP contribution >= 0.6 is 0 Å². The molecule has 2 fully saturated rings. The van der Waals surface area contributed by atoms with Gasteiger partial charge < -0.3 is 15.4 Å². The molecule has 0 aromatic carbocycles. The van der Waals surface area contributed by atoms with Crippen LogP contribution < -0.4 is 5.73 Å². The molecule has 1 saturated heterocycles. The summed E-state index contributed by atoms with van der Waals surface area (Å²) in [7, 11) is 0. The monoisotopic (exact) mass is 254 g/mol. The van der Waals surface area contributed by atoms with Gasteiger partial charge in [-0.25, -0.2) is 0 Å². The molecule has 1 heterocycles. The Balaban J connectivity index is 1.77. The molecule has 2 aliphatic rings. The van der Waals surface area contributed by atoms with Crippen LogP contribution in [0.1, 0.15) is 45.4 Å². The maximum Gasteiger partial charge on any atom is 0.225 e.